The van der Waals surface area contributed by atoms with Gasteiger partial charge in [0.25, 0.3) is 0 Å². The summed E-state index contributed by atoms with van der Waals surface area (Å²) in [5.41, 5.74) is 2.50. The lowest BCUT2D eigenvalue weighted by Crippen LogP contribution is -2.04. The molecule has 96 valence electrons. The Labute approximate surface area is 112 Å². The van der Waals surface area contributed by atoms with E-state index in [0.717, 1.165) is 19.3 Å². The minimum Gasteiger partial charge on any atom is -0.340 e. The third-order valence-electron chi connectivity index (χ3n) is 3.72. The van der Waals surface area contributed by atoms with E-state index in [0.29, 0.717) is 0 Å². The van der Waals surface area contributed by atoms with Crippen molar-refractivity contribution < 1.29 is 4.79 Å². The van der Waals surface area contributed by atoms with E-state index in [4.69, 9.17) is 0 Å². The van der Waals surface area contributed by atoms with Crippen LogP contribution in [0.25, 0.3) is 21.8 Å². The number of aldehydes is 1. The Kier molecular flexibility index (Phi) is 3.08. The summed E-state index contributed by atoms with van der Waals surface area (Å²) >= 11 is 0. The molecule has 0 saturated heterocycles. The molecule has 1 unspecified atom stereocenters. The van der Waals surface area contributed by atoms with Crippen LogP contribution in [0.5, 0.6) is 0 Å². The average Bonchev–Trinajstić information content (AvgIpc) is 2.79. The van der Waals surface area contributed by atoms with Crippen LogP contribution in [0.4, 0.5) is 0 Å². The lowest BCUT2D eigenvalue weighted by molar-refractivity contribution is -0.110. The van der Waals surface area contributed by atoms with Crippen molar-refractivity contribution >= 4 is 28.1 Å². The second-order valence-electron chi connectivity index (χ2n) is 5.09. The first-order chi connectivity index (χ1) is 9.31. The van der Waals surface area contributed by atoms with Gasteiger partial charge in [0, 0.05) is 34.3 Å². The van der Waals surface area contributed by atoms with Crippen LogP contribution in [0.15, 0.2) is 48.5 Å². The molecule has 2 aromatic carbocycles. The van der Waals surface area contributed by atoms with Crippen LogP contribution in [-0.2, 0) is 11.3 Å². The maximum absolute atomic E-state index is 10.8. The lowest BCUT2D eigenvalue weighted by atomic mass is 10.1. The molecule has 0 aliphatic heterocycles. The molecule has 0 amide bonds. The number of hydrogen-bond donors (Lipinski definition) is 0. The van der Waals surface area contributed by atoms with E-state index in [1.54, 1.807) is 0 Å². The second kappa shape index (κ2) is 4.88. The number of aromatic nitrogens is 1. The monoisotopic (exact) mass is 251 g/mol. The molecule has 1 aromatic heterocycles. The molecular weight excluding hydrogens is 234 g/mol. The van der Waals surface area contributed by atoms with E-state index < -0.39 is 0 Å². The van der Waals surface area contributed by atoms with Crippen molar-refractivity contribution in [2.75, 3.05) is 0 Å². The minimum atomic E-state index is 0.111. The summed E-state index contributed by atoms with van der Waals surface area (Å²) in [5.74, 6) is 0.111. The number of carbonyl (C=O) groups is 1. The zero-order valence-electron chi connectivity index (χ0n) is 11.0. The fourth-order valence-corrected chi connectivity index (χ4v) is 2.64. The third-order valence-corrected chi connectivity index (χ3v) is 3.72. The topological polar surface area (TPSA) is 22.0 Å². The summed E-state index contributed by atoms with van der Waals surface area (Å²) in [7, 11) is 0. The Morgan fingerprint density at radius 1 is 1.00 bits per heavy atom. The van der Waals surface area contributed by atoms with Crippen LogP contribution in [0.2, 0.25) is 0 Å². The number of aryl methyl sites for hydroxylation is 1. The van der Waals surface area contributed by atoms with Gasteiger partial charge < -0.3 is 9.36 Å². The minimum absolute atomic E-state index is 0.111. The summed E-state index contributed by atoms with van der Waals surface area (Å²) in [5, 5.41) is 2.58. The normalized spacial score (nSPS) is 12.9. The van der Waals surface area contributed by atoms with E-state index in [1.165, 1.54) is 21.8 Å². The fourth-order valence-electron chi connectivity index (χ4n) is 2.64. The molecule has 19 heavy (non-hydrogen) atoms. The maximum Gasteiger partial charge on any atom is 0.122 e. The zero-order chi connectivity index (χ0) is 13.2. The molecule has 0 spiro atoms. The Morgan fingerprint density at radius 2 is 1.53 bits per heavy atom. The summed E-state index contributed by atoms with van der Waals surface area (Å²) in [6, 6.07) is 16.9. The molecule has 3 aromatic rings. The molecule has 1 atom stereocenters. The van der Waals surface area contributed by atoms with Gasteiger partial charge in [-0.2, -0.15) is 0 Å². The van der Waals surface area contributed by atoms with Crippen LogP contribution >= 0.6 is 0 Å². The smallest absolute Gasteiger partial charge is 0.122 e. The standard InChI is InChI=1S/C17H17NO/c1-13(12-19)10-11-18-16-8-4-2-6-14(16)15-7-3-5-9-17(15)18/h2-9,12-13H,10-11H2,1H3. The van der Waals surface area contributed by atoms with E-state index in [-0.39, 0.29) is 5.92 Å². The molecule has 1 heterocycles. The molecule has 2 nitrogen and oxygen atoms in total. The van der Waals surface area contributed by atoms with Crippen molar-refractivity contribution in [3.8, 4) is 0 Å². The van der Waals surface area contributed by atoms with Crippen LogP contribution in [0.3, 0.4) is 0 Å². The predicted octanol–water partition coefficient (Wildman–Crippen LogP) is 4.02. The highest BCUT2D eigenvalue weighted by atomic mass is 16.1. The highest BCUT2D eigenvalue weighted by Gasteiger charge is 2.10. The molecule has 0 radical (unpaired) electrons. The molecule has 0 aliphatic carbocycles. The lowest BCUT2D eigenvalue weighted by Gasteiger charge is -2.08. The van der Waals surface area contributed by atoms with Crippen molar-refractivity contribution in [3.05, 3.63) is 48.5 Å². The fraction of sp³-hybridized carbons (Fsp3) is 0.235. The maximum atomic E-state index is 10.8. The summed E-state index contributed by atoms with van der Waals surface area (Å²) in [6.45, 7) is 2.86. The predicted molar refractivity (Wildman–Crippen MR) is 79.3 cm³/mol. The second-order valence-corrected chi connectivity index (χ2v) is 5.09. The van der Waals surface area contributed by atoms with E-state index in [2.05, 4.69) is 53.1 Å². The van der Waals surface area contributed by atoms with Gasteiger partial charge >= 0.3 is 0 Å². The molecule has 2 heteroatoms. The van der Waals surface area contributed by atoms with Crippen LogP contribution in [-0.4, -0.2) is 10.9 Å². The van der Waals surface area contributed by atoms with Gasteiger partial charge in [0.15, 0.2) is 0 Å². The van der Waals surface area contributed by atoms with Gasteiger partial charge in [-0.3, -0.25) is 0 Å². The Balaban J connectivity index is 2.16. The molecule has 0 N–H and O–H groups in total. The number of nitrogens with zero attached hydrogens (tertiary/aromatic N) is 1. The summed E-state index contributed by atoms with van der Waals surface area (Å²) in [6.07, 6.45) is 1.92. The Bertz CT molecular complexity index is 673. The Hall–Kier alpha value is -2.09. The Morgan fingerprint density at radius 3 is 2.05 bits per heavy atom. The van der Waals surface area contributed by atoms with E-state index >= 15 is 0 Å². The van der Waals surface area contributed by atoms with Crippen LogP contribution in [0.1, 0.15) is 13.3 Å². The number of carbonyl (C=O) groups excluding carboxylic acids is 1. The average molecular weight is 251 g/mol. The van der Waals surface area contributed by atoms with E-state index in [1.807, 2.05) is 6.92 Å². The highest BCUT2D eigenvalue weighted by molar-refractivity contribution is 6.07. The van der Waals surface area contributed by atoms with Crippen LogP contribution < -0.4 is 0 Å². The molecular formula is C17H17NO. The zero-order valence-corrected chi connectivity index (χ0v) is 11.0. The van der Waals surface area contributed by atoms with Gasteiger partial charge in [-0.1, -0.05) is 43.3 Å². The third kappa shape index (κ3) is 2.03. The molecule has 0 fully saturated rings. The number of benzene rings is 2. The SMILES string of the molecule is CC(C=O)CCn1c2ccccc2c2ccccc21. The van der Waals surface area contributed by atoms with Gasteiger partial charge in [0.05, 0.1) is 0 Å². The first kappa shape index (κ1) is 12.0. The number of rotatable bonds is 4. The number of fused-ring (bicyclic) bond motifs is 3. The van der Waals surface area contributed by atoms with Crippen molar-refractivity contribution in [1.29, 1.82) is 0 Å². The first-order valence-corrected chi connectivity index (χ1v) is 6.72. The van der Waals surface area contributed by atoms with E-state index in [9.17, 15) is 4.79 Å². The summed E-state index contributed by atoms with van der Waals surface area (Å²) in [4.78, 5) is 10.8. The van der Waals surface area contributed by atoms with Gasteiger partial charge in [0.2, 0.25) is 0 Å². The molecule has 0 saturated carbocycles. The van der Waals surface area contributed by atoms with Crippen molar-refractivity contribution in [2.45, 2.75) is 19.9 Å². The van der Waals surface area contributed by atoms with Gasteiger partial charge in [0.1, 0.15) is 6.29 Å². The van der Waals surface area contributed by atoms with Crippen LogP contribution in [0, 0.1) is 5.92 Å². The molecule has 0 aliphatic rings. The summed E-state index contributed by atoms with van der Waals surface area (Å²) < 4.78 is 2.32. The van der Waals surface area contributed by atoms with Crippen molar-refractivity contribution in [2.24, 2.45) is 5.92 Å². The quantitative estimate of drug-likeness (QED) is 0.642. The van der Waals surface area contributed by atoms with Gasteiger partial charge in [-0.15, -0.1) is 0 Å². The van der Waals surface area contributed by atoms with Crippen molar-refractivity contribution in [1.82, 2.24) is 4.57 Å². The first-order valence-electron chi connectivity index (χ1n) is 6.72. The molecule has 3 rings (SSSR count). The number of hydrogen-bond acceptors (Lipinski definition) is 1. The van der Waals surface area contributed by atoms with Gasteiger partial charge in [-0.05, 0) is 18.6 Å². The highest BCUT2D eigenvalue weighted by Crippen LogP contribution is 2.29. The van der Waals surface area contributed by atoms with Gasteiger partial charge in [-0.25, -0.2) is 0 Å². The molecule has 0 bridgehead atoms. The number of para-hydroxylation sites is 2. The largest absolute Gasteiger partial charge is 0.340 e. The van der Waals surface area contributed by atoms with Crippen molar-refractivity contribution in [3.63, 3.8) is 0 Å².